The summed E-state index contributed by atoms with van der Waals surface area (Å²) in [7, 11) is 0. The van der Waals surface area contributed by atoms with E-state index in [1.807, 2.05) is 18.2 Å². The van der Waals surface area contributed by atoms with Crippen molar-refractivity contribution in [1.82, 2.24) is 0 Å². The van der Waals surface area contributed by atoms with Crippen LogP contribution < -0.4 is 10.5 Å². The number of halogens is 1. The number of hydrogen-bond acceptors (Lipinski definition) is 3. The predicted molar refractivity (Wildman–Crippen MR) is 79.4 cm³/mol. The first-order valence-electron chi connectivity index (χ1n) is 7.03. The fourth-order valence-corrected chi connectivity index (χ4v) is 3.75. The summed E-state index contributed by atoms with van der Waals surface area (Å²) in [6, 6.07) is 5.71. The van der Waals surface area contributed by atoms with E-state index in [2.05, 4.69) is 15.9 Å². The van der Waals surface area contributed by atoms with Crippen molar-refractivity contribution in [2.75, 3.05) is 12.3 Å². The summed E-state index contributed by atoms with van der Waals surface area (Å²) >= 11 is 3.47. The van der Waals surface area contributed by atoms with Gasteiger partial charge in [0, 0.05) is 0 Å². The maximum atomic E-state index is 6.23. The molecule has 1 spiro atoms. The van der Waals surface area contributed by atoms with E-state index < -0.39 is 0 Å². The molecular formula is C15H20BrNO2. The lowest BCUT2D eigenvalue weighted by Crippen LogP contribution is -2.27. The van der Waals surface area contributed by atoms with Gasteiger partial charge in [0.25, 0.3) is 0 Å². The van der Waals surface area contributed by atoms with Crippen molar-refractivity contribution in [2.45, 2.75) is 50.2 Å². The van der Waals surface area contributed by atoms with Gasteiger partial charge in [-0.05, 0) is 53.7 Å². The zero-order valence-corrected chi connectivity index (χ0v) is 12.6. The van der Waals surface area contributed by atoms with Crippen LogP contribution in [0, 0.1) is 0 Å². The molecule has 3 rings (SSSR count). The molecule has 0 radical (unpaired) electrons. The first-order chi connectivity index (χ1) is 9.19. The Kier molecular flexibility index (Phi) is 3.72. The number of hydrogen-bond donors (Lipinski definition) is 1. The van der Waals surface area contributed by atoms with Crippen LogP contribution in [0.2, 0.25) is 0 Å². The Labute approximate surface area is 122 Å². The summed E-state index contributed by atoms with van der Waals surface area (Å²) in [5.74, 6) is 0.735. The topological polar surface area (TPSA) is 44.5 Å². The maximum absolute atomic E-state index is 6.23. The smallest absolute Gasteiger partial charge is 0.156 e. The van der Waals surface area contributed by atoms with Gasteiger partial charge in [-0.3, -0.25) is 0 Å². The Morgan fingerprint density at radius 1 is 1.32 bits per heavy atom. The second-order valence-electron chi connectivity index (χ2n) is 5.64. The number of anilines is 1. The van der Waals surface area contributed by atoms with Crippen LogP contribution in [0.1, 0.15) is 38.5 Å². The summed E-state index contributed by atoms with van der Waals surface area (Å²) < 4.78 is 13.0. The van der Waals surface area contributed by atoms with Gasteiger partial charge in [0.2, 0.25) is 0 Å². The molecule has 0 aromatic heterocycles. The minimum atomic E-state index is 0.174. The van der Waals surface area contributed by atoms with Crippen molar-refractivity contribution in [2.24, 2.45) is 0 Å². The van der Waals surface area contributed by atoms with Crippen LogP contribution in [0.25, 0.3) is 0 Å². The van der Waals surface area contributed by atoms with Crippen molar-refractivity contribution in [1.29, 1.82) is 0 Å². The highest BCUT2D eigenvalue weighted by Crippen LogP contribution is 2.43. The summed E-state index contributed by atoms with van der Waals surface area (Å²) in [5, 5.41) is 0. The molecule has 2 fully saturated rings. The number of nitrogens with two attached hydrogens (primary N) is 1. The number of rotatable bonds is 3. The van der Waals surface area contributed by atoms with Gasteiger partial charge in [-0.25, -0.2) is 0 Å². The van der Waals surface area contributed by atoms with Crippen molar-refractivity contribution in [3.05, 3.63) is 22.7 Å². The van der Waals surface area contributed by atoms with Gasteiger partial charge < -0.3 is 15.2 Å². The van der Waals surface area contributed by atoms with E-state index in [9.17, 15) is 0 Å². The van der Waals surface area contributed by atoms with E-state index in [1.54, 1.807) is 0 Å². The Morgan fingerprint density at radius 3 is 2.84 bits per heavy atom. The van der Waals surface area contributed by atoms with Crippen LogP contribution in [-0.4, -0.2) is 18.3 Å². The van der Waals surface area contributed by atoms with E-state index in [4.69, 9.17) is 15.2 Å². The lowest BCUT2D eigenvalue weighted by atomic mass is 9.98. The maximum Gasteiger partial charge on any atom is 0.156 e. The first-order valence-corrected chi connectivity index (χ1v) is 7.82. The molecule has 1 aromatic carbocycles. The summed E-state index contributed by atoms with van der Waals surface area (Å²) in [4.78, 5) is 0. The molecular weight excluding hydrogens is 306 g/mol. The minimum absolute atomic E-state index is 0.174. The van der Waals surface area contributed by atoms with Crippen LogP contribution in [0.4, 0.5) is 5.69 Å². The zero-order valence-electron chi connectivity index (χ0n) is 11.0. The number of nitrogen functional groups attached to an aromatic ring is 1. The van der Waals surface area contributed by atoms with Gasteiger partial charge in [0.1, 0.15) is 6.61 Å². The largest absolute Gasteiger partial charge is 0.488 e. The first kappa shape index (κ1) is 13.3. The molecule has 1 atom stereocenters. The molecule has 1 unspecified atom stereocenters. The summed E-state index contributed by atoms with van der Waals surface area (Å²) in [6.45, 7) is 0.592. The molecule has 1 saturated carbocycles. The number of benzene rings is 1. The van der Waals surface area contributed by atoms with Gasteiger partial charge in [-0.15, -0.1) is 0 Å². The third-order valence-corrected chi connectivity index (χ3v) is 4.89. The van der Waals surface area contributed by atoms with Gasteiger partial charge in [-0.1, -0.05) is 18.9 Å². The Balaban J connectivity index is 1.59. The van der Waals surface area contributed by atoms with Crippen molar-refractivity contribution in [3.63, 3.8) is 0 Å². The fourth-order valence-electron chi connectivity index (χ4n) is 3.25. The Hall–Kier alpha value is -0.740. The molecule has 0 bridgehead atoms. The number of ether oxygens (including phenoxy) is 2. The van der Waals surface area contributed by atoms with Crippen molar-refractivity contribution in [3.8, 4) is 5.75 Å². The molecule has 104 valence electrons. The molecule has 4 heteroatoms. The molecule has 0 amide bonds. The van der Waals surface area contributed by atoms with Crippen LogP contribution in [0.3, 0.4) is 0 Å². The lowest BCUT2D eigenvalue weighted by Gasteiger charge is -2.24. The second-order valence-corrected chi connectivity index (χ2v) is 6.49. The van der Waals surface area contributed by atoms with Gasteiger partial charge in [0.05, 0.1) is 21.9 Å². The second kappa shape index (κ2) is 5.33. The molecule has 1 aliphatic heterocycles. The van der Waals surface area contributed by atoms with Gasteiger partial charge in [-0.2, -0.15) is 0 Å². The monoisotopic (exact) mass is 325 g/mol. The molecule has 3 nitrogen and oxygen atoms in total. The Bertz CT molecular complexity index is 437. The SMILES string of the molecule is Nc1cccc(Br)c1OCC1CCC2(CCCC2)O1. The van der Waals surface area contributed by atoms with E-state index in [0.29, 0.717) is 12.3 Å². The third-order valence-electron chi connectivity index (χ3n) is 4.26. The molecule has 1 heterocycles. The van der Waals surface area contributed by atoms with Crippen LogP contribution in [0.5, 0.6) is 5.75 Å². The predicted octanol–water partition coefficient (Wildman–Crippen LogP) is 3.90. The molecule has 2 aliphatic rings. The van der Waals surface area contributed by atoms with E-state index in [1.165, 1.54) is 32.1 Å². The van der Waals surface area contributed by atoms with E-state index in [0.717, 1.165) is 16.6 Å². The lowest BCUT2D eigenvalue weighted by molar-refractivity contribution is -0.0508. The normalized spacial score (nSPS) is 25.0. The van der Waals surface area contributed by atoms with Crippen LogP contribution in [0.15, 0.2) is 22.7 Å². The van der Waals surface area contributed by atoms with E-state index in [-0.39, 0.29) is 11.7 Å². The molecule has 1 aromatic rings. The standard InChI is InChI=1S/C15H20BrNO2/c16-12-4-3-5-13(17)14(12)18-10-11-6-9-15(19-11)7-1-2-8-15/h3-5,11H,1-2,6-10,17H2. The Morgan fingerprint density at radius 2 is 2.11 bits per heavy atom. The summed E-state index contributed by atoms with van der Waals surface area (Å²) in [5.41, 5.74) is 6.77. The fraction of sp³-hybridized carbons (Fsp3) is 0.600. The third kappa shape index (κ3) is 2.75. The van der Waals surface area contributed by atoms with Crippen molar-refractivity contribution < 1.29 is 9.47 Å². The van der Waals surface area contributed by atoms with E-state index >= 15 is 0 Å². The minimum Gasteiger partial charge on any atom is -0.488 e. The quantitative estimate of drug-likeness (QED) is 0.857. The van der Waals surface area contributed by atoms with Gasteiger partial charge >= 0.3 is 0 Å². The zero-order chi connectivity index (χ0) is 13.3. The highest BCUT2D eigenvalue weighted by molar-refractivity contribution is 9.10. The van der Waals surface area contributed by atoms with Crippen LogP contribution >= 0.6 is 15.9 Å². The highest BCUT2D eigenvalue weighted by atomic mass is 79.9. The molecule has 1 aliphatic carbocycles. The highest BCUT2D eigenvalue weighted by Gasteiger charge is 2.42. The average molecular weight is 326 g/mol. The molecule has 19 heavy (non-hydrogen) atoms. The summed E-state index contributed by atoms with van der Waals surface area (Å²) in [6.07, 6.45) is 7.57. The van der Waals surface area contributed by atoms with Gasteiger partial charge in [0.15, 0.2) is 5.75 Å². The van der Waals surface area contributed by atoms with Crippen LogP contribution in [-0.2, 0) is 4.74 Å². The average Bonchev–Trinajstić information content (AvgIpc) is 3.00. The molecule has 2 N–H and O–H groups in total. The van der Waals surface area contributed by atoms with Crippen molar-refractivity contribution >= 4 is 21.6 Å². The number of para-hydroxylation sites is 1. The molecule has 1 saturated heterocycles.